The fourth-order valence-electron chi connectivity index (χ4n) is 5.13. The van der Waals surface area contributed by atoms with Crippen molar-refractivity contribution in [3.8, 4) is 0 Å². The second kappa shape index (κ2) is 16.0. The Labute approximate surface area is 311 Å². The molecule has 0 spiro atoms. The molecule has 0 radical (unpaired) electrons. The Kier molecular flexibility index (Phi) is 12.2. The molecule has 0 atom stereocenters. The Balaban J connectivity index is 0.000000281. The fourth-order valence-corrected chi connectivity index (χ4v) is 8.49. The Morgan fingerprint density at radius 1 is 0.537 bits per heavy atom. The number of benzene rings is 5. The maximum Gasteiger partial charge on any atom is 0.460 e. The van der Waals surface area contributed by atoms with Crippen LogP contribution in [0.5, 0.6) is 0 Å². The summed E-state index contributed by atoms with van der Waals surface area (Å²) in [4.78, 5) is 6.28. The maximum absolute atomic E-state index is 12.2. The lowest BCUT2D eigenvalue weighted by molar-refractivity contribution is -0.382. The Hall–Kier alpha value is -4.00. The highest BCUT2D eigenvalue weighted by molar-refractivity contribution is 7.99. The topological polar surface area (TPSA) is 75.7 Å². The molecule has 1 aliphatic heterocycles. The molecule has 5 aromatic rings. The lowest BCUT2D eigenvalue weighted by Gasteiger charge is -2.34. The molecule has 0 bridgehead atoms. The number of halogens is 9. The minimum atomic E-state index is -7.43. The van der Waals surface area contributed by atoms with Gasteiger partial charge in [0, 0.05) is 20.9 Å². The molecule has 286 valence electrons. The molecule has 0 unspecified atom stereocenters. The summed E-state index contributed by atoms with van der Waals surface area (Å²) < 4.78 is 148. The quantitative estimate of drug-likeness (QED) is 0.0794. The van der Waals surface area contributed by atoms with E-state index in [0.29, 0.717) is 13.2 Å². The van der Waals surface area contributed by atoms with E-state index in [9.17, 15) is 52.5 Å². The normalized spacial score (nSPS) is 15.1. The number of alkyl halides is 9. The van der Waals surface area contributed by atoms with Crippen molar-refractivity contribution in [2.24, 2.45) is 0 Å². The van der Waals surface area contributed by atoms with E-state index >= 15 is 0 Å². The summed E-state index contributed by atoms with van der Waals surface area (Å²) in [6, 6.07) is 49.2. The number of hydrogen-bond acceptors (Lipinski definition) is 6. The van der Waals surface area contributed by atoms with Crippen molar-refractivity contribution in [2.45, 2.75) is 53.5 Å². The van der Waals surface area contributed by atoms with Gasteiger partial charge in [0.2, 0.25) is 5.79 Å². The predicted molar refractivity (Wildman–Crippen MR) is 182 cm³/mol. The van der Waals surface area contributed by atoms with Gasteiger partial charge in [-0.25, -0.2) is 8.42 Å². The number of hydrogen-bond donors (Lipinski definition) is 0. The summed E-state index contributed by atoms with van der Waals surface area (Å²) in [6.45, 7) is 1.14. The lowest BCUT2D eigenvalue weighted by Crippen LogP contribution is -2.63. The monoisotopic (exact) mass is 818 g/mol. The van der Waals surface area contributed by atoms with Gasteiger partial charge < -0.3 is 14.0 Å². The van der Waals surface area contributed by atoms with E-state index < -0.39 is 39.2 Å². The summed E-state index contributed by atoms with van der Waals surface area (Å²) in [5.41, 5.74) is 2.03. The van der Waals surface area contributed by atoms with Crippen molar-refractivity contribution < 1.29 is 62.0 Å². The smallest absolute Gasteiger partial charge is 0.460 e. The van der Waals surface area contributed by atoms with Crippen molar-refractivity contribution in [1.29, 1.82) is 0 Å². The van der Waals surface area contributed by atoms with Crippen LogP contribution in [0.1, 0.15) is 11.1 Å². The molecular formula is C37H27F9O5S3. The zero-order valence-corrected chi connectivity index (χ0v) is 29.8. The van der Waals surface area contributed by atoms with Crippen LogP contribution < -0.4 is 0 Å². The Bertz CT molecular complexity index is 2040. The third-order valence-corrected chi connectivity index (χ3v) is 11.9. The second-order valence-electron chi connectivity index (χ2n) is 11.3. The average molecular weight is 819 g/mol. The zero-order chi connectivity index (χ0) is 39.4. The molecule has 5 nitrogen and oxygen atoms in total. The molecule has 1 saturated heterocycles. The fraction of sp³-hybridized carbons (Fsp3) is 0.189. The first-order valence-electron chi connectivity index (χ1n) is 15.5. The van der Waals surface area contributed by atoms with Gasteiger partial charge in [-0.2, -0.15) is 39.5 Å². The minimum absolute atomic E-state index is 0.189. The van der Waals surface area contributed by atoms with Crippen LogP contribution in [-0.2, 0) is 36.3 Å². The second-order valence-corrected chi connectivity index (χ2v) is 15.9. The Morgan fingerprint density at radius 3 is 1.31 bits per heavy atom. The average Bonchev–Trinajstić information content (AvgIpc) is 3.64. The molecule has 1 heterocycles. The SMILES string of the molecule is O=S(=O)([O-])C(F)(F)C(F)(F)C(F)(F)C(F)(F)F.c1ccc(Sc2ccc(C3(c4ccc([S+](c5ccccc5)c5ccccc5)cc4)OCCO3)cc2)cc1. The minimum Gasteiger partial charge on any atom is -0.743 e. The highest BCUT2D eigenvalue weighted by Gasteiger charge is 2.83. The highest BCUT2D eigenvalue weighted by atomic mass is 32.2. The molecule has 0 amide bonds. The maximum atomic E-state index is 12.2. The van der Waals surface area contributed by atoms with E-state index in [0.717, 1.165) is 11.1 Å². The summed E-state index contributed by atoms with van der Waals surface area (Å²) >= 11 is 1.75. The molecular weight excluding hydrogens is 792 g/mol. The van der Waals surface area contributed by atoms with Gasteiger partial charge in [0.1, 0.15) is 0 Å². The standard InChI is InChI=1S/C33H27O2S2.C4HF9O3S/c1-4-10-28(11-5-1)36-29-20-16-26(17-21-29)33(34-24-25-35-33)27-18-22-32(23-19-27)37(30-12-6-2-7-13-30)31-14-8-3-9-15-31;5-1(6,3(9,10)11)2(7,8)4(12,13)17(14,15)16/h1-23H,24-25H2;(H,14,15,16)/q+1;/p-1. The first kappa shape index (κ1) is 41.2. The van der Waals surface area contributed by atoms with Crippen molar-refractivity contribution in [2.75, 3.05) is 13.2 Å². The third kappa shape index (κ3) is 8.30. The predicted octanol–water partition coefficient (Wildman–Crippen LogP) is 10.1. The van der Waals surface area contributed by atoms with Crippen molar-refractivity contribution in [3.63, 3.8) is 0 Å². The first-order valence-corrected chi connectivity index (χ1v) is 19.0. The molecule has 6 rings (SSSR count). The van der Waals surface area contributed by atoms with Crippen LogP contribution in [0, 0.1) is 0 Å². The summed E-state index contributed by atoms with van der Waals surface area (Å²) in [5.74, 6) is -15.7. The van der Waals surface area contributed by atoms with Gasteiger partial charge >= 0.3 is 23.3 Å². The summed E-state index contributed by atoms with van der Waals surface area (Å²) in [6.07, 6.45) is -7.16. The summed E-state index contributed by atoms with van der Waals surface area (Å²) in [7, 11) is -7.61. The van der Waals surface area contributed by atoms with Gasteiger partial charge in [-0.05, 0) is 72.8 Å². The van der Waals surface area contributed by atoms with Crippen LogP contribution in [0.25, 0.3) is 0 Å². The third-order valence-electron chi connectivity index (χ3n) is 7.76. The largest absolute Gasteiger partial charge is 0.743 e. The van der Waals surface area contributed by atoms with Crippen molar-refractivity contribution in [1.82, 2.24) is 0 Å². The van der Waals surface area contributed by atoms with E-state index in [2.05, 4.69) is 133 Å². The summed E-state index contributed by atoms with van der Waals surface area (Å²) in [5, 5.41) is -7.11. The molecule has 54 heavy (non-hydrogen) atoms. The van der Waals surface area contributed by atoms with E-state index in [1.807, 2.05) is 6.07 Å². The van der Waals surface area contributed by atoms with E-state index in [4.69, 9.17) is 9.47 Å². The molecule has 0 N–H and O–H groups in total. The van der Waals surface area contributed by atoms with E-state index in [1.165, 1.54) is 24.5 Å². The van der Waals surface area contributed by atoms with Crippen LogP contribution in [0.4, 0.5) is 39.5 Å². The number of rotatable bonds is 10. The van der Waals surface area contributed by atoms with Gasteiger partial charge in [-0.1, -0.05) is 78.5 Å². The molecule has 1 aliphatic rings. The molecule has 5 aromatic carbocycles. The Morgan fingerprint density at radius 2 is 0.907 bits per heavy atom. The molecule has 0 saturated carbocycles. The van der Waals surface area contributed by atoms with E-state index in [1.54, 1.807) is 11.8 Å². The van der Waals surface area contributed by atoms with Crippen LogP contribution >= 0.6 is 11.8 Å². The van der Waals surface area contributed by atoms with Gasteiger partial charge in [0.05, 0.1) is 24.1 Å². The van der Waals surface area contributed by atoms with Crippen LogP contribution in [0.3, 0.4) is 0 Å². The molecule has 1 fully saturated rings. The van der Waals surface area contributed by atoms with Gasteiger partial charge in [0.25, 0.3) is 0 Å². The lowest BCUT2D eigenvalue weighted by atomic mass is 9.97. The first-order chi connectivity index (χ1) is 25.3. The zero-order valence-electron chi connectivity index (χ0n) is 27.4. The van der Waals surface area contributed by atoms with Crippen LogP contribution in [0.2, 0.25) is 0 Å². The molecule has 17 heteroatoms. The number of ether oxygens (including phenoxy) is 2. The van der Waals surface area contributed by atoms with Gasteiger partial charge in [-0.3, -0.25) is 0 Å². The van der Waals surface area contributed by atoms with Gasteiger partial charge in [-0.15, -0.1) is 0 Å². The molecule has 0 aromatic heterocycles. The van der Waals surface area contributed by atoms with Crippen molar-refractivity contribution >= 4 is 32.8 Å². The van der Waals surface area contributed by atoms with Crippen molar-refractivity contribution in [3.05, 3.63) is 151 Å². The van der Waals surface area contributed by atoms with Crippen LogP contribution in [0.15, 0.2) is 164 Å². The highest BCUT2D eigenvalue weighted by Crippen LogP contribution is 2.54. The molecule has 0 aliphatic carbocycles. The van der Waals surface area contributed by atoms with Crippen LogP contribution in [-0.4, -0.2) is 49.5 Å². The van der Waals surface area contributed by atoms with E-state index in [-0.39, 0.29) is 10.9 Å². The van der Waals surface area contributed by atoms with Gasteiger partial charge in [0.15, 0.2) is 24.8 Å².